The largest absolute Gasteiger partial charge is 0.457 e. The number of hydrogen-bond donors (Lipinski definition) is 1. The monoisotopic (exact) mass is 390 g/mol. The number of halogens is 1. The van der Waals surface area contributed by atoms with E-state index < -0.39 is 17.8 Å². The number of carbonyl (C=O) groups is 3. The fourth-order valence-corrected chi connectivity index (χ4v) is 2.93. The van der Waals surface area contributed by atoms with Crippen LogP contribution in [-0.4, -0.2) is 17.8 Å². The number of urea groups is 1. The SMILES string of the molecule is Cc1ccc(N2C(=O)NC(=O)/C(=C\c3ccc(-c4ccc(F)cc4)o3)C2=O)cc1. The smallest absolute Gasteiger partial charge is 0.335 e. The van der Waals surface area contributed by atoms with Crippen LogP contribution >= 0.6 is 0 Å². The molecule has 0 radical (unpaired) electrons. The fraction of sp³-hybridized carbons (Fsp3) is 0.0455. The van der Waals surface area contributed by atoms with E-state index in [1.165, 1.54) is 18.2 Å². The fourth-order valence-electron chi connectivity index (χ4n) is 2.93. The lowest BCUT2D eigenvalue weighted by molar-refractivity contribution is -0.122. The summed E-state index contributed by atoms with van der Waals surface area (Å²) in [6, 6.07) is 14.9. The van der Waals surface area contributed by atoms with E-state index in [9.17, 15) is 18.8 Å². The molecule has 0 spiro atoms. The second-order valence-electron chi connectivity index (χ2n) is 6.50. The Hall–Kier alpha value is -4.00. The molecule has 1 fully saturated rings. The lowest BCUT2D eigenvalue weighted by atomic mass is 10.1. The van der Waals surface area contributed by atoms with Gasteiger partial charge in [0.05, 0.1) is 5.69 Å². The zero-order valence-electron chi connectivity index (χ0n) is 15.3. The van der Waals surface area contributed by atoms with Crippen molar-refractivity contribution in [1.82, 2.24) is 5.32 Å². The number of imide groups is 2. The van der Waals surface area contributed by atoms with Crippen molar-refractivity contribution in [2.45, 2.75) is 6.92 Å². The molecule has 1 saturated heterocycles. The molecule has 1 aliphatic heterocycles. The van der Waals surface area contributed by atoms with Crippen molar-refractivity contribution in [3.8, 4) is 11.3 Å². The molecule has 1 N–H and O–H groups in total. The maximum atomic E-state index is 13.1. The van der Waals surface area contributed by atoms with E-state index in [1.807, 2.05) is 6.92 Å². The normalized spacial score (nSPS) is 15.7. The highest BCUT2D eigenvalue weighted by Gasteiger charge is 2.37. The minimum absolute atomic E-state index is 0.231. The van der Waals surface area contributed by atoms with Crippen molar-refractivity contribution in [2.75, 3.05) is 4.90 Å². The van der Waals surface area contributed by atoms with Crippen LogP contribution in [0.2, 0.25) is 0 Å². The molecule has 2 heterocycles. The van der Waals surface area contributed by atoms with E-state index in [0.29, 0.717) is 17.0 Å². The van der Waals surface area contributed by atoms with Gasteiger partial charge < -0.3 is 4.42 Å². The van der Waals surface area contributed by atoms with Crippen LogP contribution < -0.4 is 10.2 Å². The number of barbiturate groups is 1. The average molecular weight is 390 g/mol. The molecule has 0 atom stereocenters. The molecular weight excluding hydrogens is 375 g/mol. The molecule has 1 aromatic heterocycles. The van der Waals surface area contributed by atoms with Crippen molar-refractivity contribution in [1.29, 1.82) is 0 Å². The molecule has 6 nitrogen and oxygen atoms in total. The Kier molecular flexibility index (Phi) is 4.56. The first-order valence-electron chi connectivity index (χ1n) is 8.76. The van der Waals surface area contributed by atoms with E-state index in [-0.39, 0.29) is 17.2 Å². The van der Waals surface area contributed by atoms with Crippen molar-refractivity contribution in [2.24, 2.45) is 0 Å². The number of aryl methyl sites for hydroxylation is 1. The van der Waals surface area contributed by atoms with Crippen LogP contribution in [0.5, 0.6) is 0 Å². The van der Waals surface area contributed by atoms with Crippen LogP contribution in [-0.2, 0) is 9.59 Å². The van der Waals surface area contributed by atoms with E-state index >= 15 is 0 Å². The van der Waals surface area contributed by atoms with Gasteiger partial charge in [0.25, 0.3) is 11.8 Å². The molecule has 0 unspecified atom stereocenters. The van der Waals surface area contributed by atoms with E-state index in [1.54, 1.807) is 48.5 Å². The molecule has 4 rings (SSSR count). The maximum absolute atomic E-state index is 13.1. The summed E-state index contributed by atoms with van der Waals surface area (Å²) >= 11 is 0. The van der Waals surface area contributed by atoms with Crippen LogP contribution in [0.15, 0.2) is 70.7 Å². The Bertz CT molecular complexity index is 1140. The van der Waals surface area contributed by atoms with Gasteiger partial charge in [0.2, 0.25) is 0 Å². The number of carbonyl (C=O) groups excluding carboxylic acids is 3. The molecule has 2 aromatic carbocycles. The number of benzene rings is 2. The quantitative estimate of drug-likeness (QED) is 0.540. The molecule has 7 heteroatoms. The number of anilines is 1. The lowest BCUT2D eigenvalue weighted by Crippen LogP contribution is -2.54. The molecule has 144 valence electrons. The van der Waals surface area contributed by atoms with Crippen LogP contribution in [0.1, 0.15) is 11.3 Å². The van der Waals surface area contributed by atoms with Gasteiger partial charge in [-0.25, -0.2) is 14.1 Å². The predicted octanol–water partition coefficient (Wildman–Crippen LogP) is 4.06. The molecule has 4 amide bonds. The predicted molar refractivity (Wildman–Crippen MR) is 104 cm³/mol. The highest BCUT2D eigenvalue weighted by Crippen LogP contribution is 2.26. The number of nitrogens with zero attached hydrogens (tertiary/aromatic N) is 1. The zero-order chi connectivity index (χ0) is 20.5. The van der Waals surface area contributed by atoms with Crippen LogP contribution in [0, 0.1) is 12.7 Å². The summed E-state index contributed by atoms with van der Waals surface area (Å²) in [6.45, 7) is 1.88. The van der Waals surface area contributed by atoms with Gasteiger partial charge in [-0.05, 0) is 61.5 Å². The third-order valence-corrected chi connectivity index (χ3v) is 4.44. The number of rotatable bonds is 3. The second kappa shape index (κ2) is 7.20. The molecule has 0 bridgehead atoms. The van der Waals surface area contributed by atoms with Crippen molar-refractivity contribution >= 4 is 29.6 Å². The molecular formula is C22H15FN2O4. The minimum atomic E-state index is -0.813. The number of hydrogen-bond acceptors (Lipinski definition) is 4. The highest BCUT2D eigenvalue weighted by atomic mass is 19.1. The Morgan fingerprint density at radius 3 is 2.31 bits per heavy atom. The first-order chi connectivity index (χ1) is 13.9. The summed E-state index contributed by atoms with van der Waals surface area (Å²) in [5.74, 6) is -1.22. The second-order valence-corrected chi connectivity index (χ2v) is 6.50. The third-order valence-electron chi connectivity index (χ3n) is 4.44. The summed E-state index contributed by atoms with van der Waals surface area (Å²) in [6.07, 6.45) is 1.28. The van der Waals surface area contributed by atoms with Gasteiger partial charge in [0.15, 0.2) is 0 Å². The molecule has 3 aromatic rings. The van der Waals surface area contributed by atoms with E-state index in [2.05, 4.69) is 5.32 Å². The average Bonchev–Trinajstić information content (AvgIpc) is 3.16. The van der Waals surface area contributed by atoms with Gasteiger partial charge in [-0.3, -0.25) is 14.9 Å². The maximum Gasteiger partial charge on any atom is 0.335 e. The Balaban J connectivity index is 1.66. The topological polar surface area (TPSA) is 79.6 Å². The summed E-state index contributed by atoms with van der Waals surface area (Å²) in [4.78, 5) is 38.2. The van der Waals surface area contributed by atoms with Gasteiger partial charge in [-0.15, -0.1) is 0 Å². The number of furan rings is 1. The Morgan fingerprint density at radius 1 is 0.931 bits per heavy atom. The highest BCUT2D eigenvalue weighted by molar-refractivity contribution is 6.39. The van der Waals surface area contributed by atoms with E-state index in [0.717, 1.165) is 10.5 Å². The van der Waals surface area contributed by atoms with Crippen molar-refractivity contribution < 1.29 is 23.2 Å². The van der Waals surface area contributed by atoms with Crippen molar-refractivity contribution in [3.05, 3.63) is 83.4 Å². The van der Waals surface area contributed by atoms with Gasteiger partial charge >= 0.3 is 6.03 Å². The first-order valence-corrected chi connectivity index (χ1v) is 8.76. The summed E-state index contributed by atoms with van der Waals surface area (Å²) in [5.41, 5.74) is 1.73. The van der Waals surface area contributed by atoms with Crippen LogP contribution in [0.4, 0.5) is 14.9 Å². The van der Waals surface area contributed by atoms with Gasteiger partial charge in [-0.2, -0.15) is 0 Å². The standard InChI is InChI=1S/C22H15FN2O4/c1-13-2-8-16(9-3-13)25-21(27)18(20(26)24-22(25)28)12-17-10-11-19(29-17)14-4-6-15(23)7-5-14/h2-12H,1H3,(H,24,26,28)/b18-12+. The third kappa shape index (κ3) is 3.58. The number of nitrogens with one attached hydrogen (secondary N) is 1. The van der Waals surface area contributed by atoms with Gasteiger partial charge in [0, 0.05) is 5.56 Å². The van der Waals surface area contributed by atoms with Gasteiger partial charge in [0.1, 0.15) is 22.9 Å². The molecule has 0 aliphatic carbocycles. The lowest BCUT2D eigenvalue weighted by Gasteiger charge is -2.26. The van der Waals surface area contributed by atoms with Gasteiger partial charge in [-0.1, -0.05) is 17.7 Å². The Morgan fingerprint density at radius 2 is 1.62 bits per heavy atom. The summed E-state index contributed by atoms with van der Waals surface area (Å²) < 4.78 is 18.7. The first kappa shape index (κ1) is 18.4. The molecule has 29 heavy (non-hydrogen) atoms. The number of amides is 4. The molecule has 1 aliphatic rings. The van der Waals surface area contributed by atoms with Crippen LogP contribution in [0.25, 0.3) is 17.4 Å². The summed E-state index contributed by atoms with van der Waals surface area (Å²) in [5, 5.41) is 2.16. The van der Waals surface area contributed by atoms with E-state index in [4.69, 9.17) is 4.42 Å². The Labute approximate surface area is 165 Å². The minimum Gasteiger partial charge on any atom is -0.457 e. The van der Waals surface area contributed by atoms with Crippen LogP contribution in [0.3, 0.4) is 0 Å². The zero-order valence-corrected chi connectivity index (χ0v) is 15.3. The molecule has 0 saturated carbocycles. The summed E-state index contributed by atoms with van der Waals surface area (Å²) in [7, 11) is 0. The van der Waals surface area contributed by atoms with Crippen molar-refractivity contribution in [3.63, 3.8) is 0 Å².